The number of carbonyl (C=O) groups excluding carboxylic acids is 1. The normalized spacial score (nSPS) is 14.1. The Kier molecular flexibility index (Phi) is 9.10. The molecule has 0 aromatic heterocycles. The minimum Gasteiger partial charge on any atom is -0.495 e. The van der Waals surface area contributed by atoms with E-state index in [1.807, 2.05) is 0 Å². The summed E-state index contributed by atoms with van der Waals surface area (Å²) in [5.74, 6) is 0.228. The van der Waals surface area contributed by atoms with E-state index in [0.717, 1.165) is 17.1 Å². The molecule has 39 heavy (non-hydrogen) atoms. The number of nitrogens with one attached hydrogen (secondary N) is 1. The van der Waals surface area contributed by atoms with Crippen LogP contribution >= 0.6 is 0 Å². The highest BCUT2D eigenvalue weighted by atomic mass is 32.2. The molecule has 0 atom stereocenters. The van der Waals surface area contributed by atoms with Crippen LogP contribution in [-0.4, -0.2) is 66.9 Å². The van der Waals surface area contributed by atoms with Crippen LogP contribution in [0.2, 0.25) is 0 Å². The Morgan fingerprint density at radius 3 is 2.18 bits per heavy atom. The number of hydrogen-bond acceptors (Lipinski definition) is 7. The van der Waals surface area contributed by atoms with E-state index in [1.165, 1.54) is 35.7 Å². The molecule has 0 aliphatic carbocycles. The first kappa shape index (κ1) is 28.4. The Morgan fingerprint density at radius 1 is 0.872 bits per heavy atom. The predicted molar refractivity (Wildman–Crippen MR) is 147 cm³/mol. The van der Waals surface area contributed by atoms with Crippen LogP contribution in [0.5, 0.6) is 11.5 Å². The monoisotopic (exact) mass is 573 g/mol. The molecule has 0 unspecified atom stereocenters. The lowest BCUT2D eigenvalue weighted by molar-refractivity contribution is -0.119. The van der Waals surface area contributed by atoms with Crippen molar-refractivity contribution in [1.82, 2.24) is 9.62 Å². The second kappa shape index (κ2) is 12.5. The quantitative estimate of drug-likeness (QED) is 0.331. The molecule has 1 saturated heterocycles. The molecule has 3 aromatic carbocycles. The number of anilines is 1. The lowest BCUT2D eigenvalue weighted by Gasteiger charge is -2.25. The molecule has 1 aliphatic rings. The Labute approximate surface area is 229 Å². The molecule has 3 aromatic rings. The van der Waals surface area contributed by atoms with Crippen LogP contribution in [0.15, 0.2) is 88.7 Å². The van der Waals surface area contributed by atoms with Gasteiger partial charge in [-0.3, -0.25) is 9.10 Å². The van der Waals surface area contributed by atoms with Gasteiger partial charge in [0.1, 0.15) is 24.7 Å². The topological polar surface area (TPSA) is 122 Å². The van der Waals surface area contributed by atoms with Gasteiger partial charge in [0.15, 0.2) is 0 Å². The molecule has 10 nitrogen and oxygen atoms in total. The lowest BCUT2D eigenvalue weighted by atomic mass is 10.3. The van der Waals surface area contributed by atoms with E-state index in [4.69, 9.17) is 9.47 Å². The highest BCUT2D eigenvalue weighted by molar-refractivity contribution is 7.92. The molecule has 1 heterocycles. The molecular formula is C27H31N3O7S2. The van der Waals surface area contributed by atoms with Crippen molar-refractivity contribution in [3.8, 4) is 11.5 Å². The zero-order chi connectivity index (χ0) is 27.9. The van der Waals surface area contributed by atoms with Crippen LogP contribution in [0.4, 0.5) is 5.69 Å². The second-order valence-corrected chi connectivity index (χ2v) is 12.6. The summed E-state index contributed by atoms with van der Waals surface area (Å²) >= 11 is 0. The molecule has 0 saturated carbocycles. The largest absolute Gasteiger partial charge is 0.495 e. The maximum atomic E-state index is 13.5. The summed E-state index contributed by atoms with van der Waals surface area (Å²) in [6.07, 6.45) is 1.72. The number of carbonyl (C=O) groups is 1. The molecular weight excluding hydrogens is 542 g/mol. The molecule has 0 bridgehead atoms. The number of rotatable bonds is 12. The first-order chi connectivity index (χ1) is 18.7. The van der Waals surface area contributed by atoms with Crippen molar-refractivity contribution in [2.75, 3.05) is 44.2 Å². The van der Waals surface area contributed by atoms with Gasteiger partial charge in [0.2, 0.25) is 15.9 Å². The van der Waals surface area contributed by atoms with Crippen LogP contribution in [0.1, 0.15) is 12.8 Å². The summed E-state index contributed by atoms with van der Waals surface area (Å²) in [5, 5.41) is 2.67. The summed E-state index contributed by atoms with van der Waals surface area (Å²) in [7, 11) is -6.15. The Hall–Kier alpha value is -3.61. The van der Waals surface area contributed by atoms with E-state index in [9.17, 15) is 21.6 Å². The number of nitrogens with zero attached hydrogens (tertiary/aromatic N) is 2. The molecule has 0 radical (unpaired) electrons. The maximum absolute atomic E-state index is 13.5. The maximum Gasteiger partial charge on any atom is 0.264 e. The first-order valence-corrected chi connectivity index (χ1v) is 15.3. The van der Waals surface area contributed by atoms with Gasteiger partial charge in [-0.25, -0.2) is 16.8 Å². The van der Waals surface area contributed by atoms with Gasteiger partial charge in [-0.05, 0) is 61.4 Å². The number of sulfonamides is 2. The number of hydrogen-bond donors (Lipinski definition) is 1. The first-order valence-electron chi connectivity index (χ1n) is 12.4. The Bertz CT molecular complexity index is 1470. The summed E-state index contributed by atoms with van der Waals surface area (Å²) in [6.45, 7) is 0.797. The standard InChI is InChI=1S/C27H31N3O7S2/c1-36-26-12-6-5-11-25(26)30(39(34,35)23-9-3-2-4-10-23)21-27(31)28-17-20-37-22-13-15-24(16-14-22)38(32,33)29-18-7-8-19-29/h2-6,9-16H,7-8,17-21H2,1H3,(H,28,31). The van der Waals surface area contributed by atoms with Crippen LogP contribution < -0.4 is 19.1 Å². The lowest BCUT2D eigenvalue weighted by Crippen LogP contribution is -2.42. The molecule has 1 amide bonds. The van der Waals surface area contributed by atoms with Crippen LogP contribution in [-0.2, 0) is 24.8 Å². The highest BCUT2D eigenvalue weighted by Crippen LogP contribution is 2.32. The number of benzene rings is 3. The average molecular weight is 574 g/mol. The fourth-order valence-corrected chi connectivity index (χ4v) is 7.16. The third-order valence-corrected chi connectivity index (χ3v) is 9.88. The van der Waals surface area contributed by atoms with Crippen molar-refractivity contribution < 1.29 is 31.1 Å². The molecule has 208 valence electrons. The zero-order valence-corrected chi connectivity index (χ0v) is 23.2. The average Bonchev–Trinajstić information content (AvgIpc) is 3.51. The van der Waals surface area contributed by atoms with Crippen molar-refractivity contribution in [2.24, 2.45) is 0 Å². The van der Waals surface area contributed by atoms with Crippen LogP contribution in [0.25, 0.3) is 0 Å². The van der Waals surface area contributed by atoms with E-state index in [1.54, 1.807) is 54.6 Å². The van der Waals surface area contributed by atoms with Gasteiger partial charge in [-0.15, -0.1) is 0 Å². The van der Waals surface area contributed by atoms with Gasteiger partial charge < -0.3 is 14.8 Å². The van der Waals surface area contributed by atoms with Gasteiger partial charge >= 0.3 is 0 Å². The fraction of sp³-hybridized carbons (Fsp3) is 0.296. The van der Waals surface area contributed by atoms with Crippen molar-refractivity contribution in [3.63, 3.8) is 0 Å². The van der Waals surface area contributed by atoms with E-state index in [0.29, 0.717) is 24.6 Å². The number of ether oxygens (including phenoxy) is 2. The molecule has 1 N–H and O–H groups in total. The molecule has 1 aliphatic heterocycles. The van der Waals surface area contributed by atoms with E-state index in [2.05, 4.69) is 5.32 Å². The van der Waals surface area contributed by atoms with E-state index >= 15 is 0 Å². The minimum absolute atomic E-state index is 0.0437. The highest BCUT2D eigenvalue weighted by Gasteiger charge is 2.29. The third kappa shape index (κ3) is 6.70. The zero-order valence-electron chi connectivity index (χ0n) is 21.5. The van der Waals surface area contributed by atoms with Gasteiger partial charge in [-0.1, -0.05) is 30.3 Å². The minimum atomic E-state index is -4.07. The molecule has 1 fully saturated rings. The molecule has 12 heteroatoms. The van der Waals surface area contributed by atoms with E-state index in [-0.39, 0.29) is 28.6 Å². The van der Waals surface area contributed by atoms with Gasteiger partial charge in [0.25, 0.3) is 10.0 Å². The number of methoxy groups -OCH3 is 1. The van der Waals surface area contributed by atoms with Crippen LogP contribution in [0.3, 0.4) is 0 Å². The summed E-state index contributed by atoms with van der Waals surface area (Å²) in [4.78, 5) is 13.1. The Balaban J connectivity index is 1.37. The van der Waals surface area contributed by atoms with Crippen molar-refractivity contribution in [3.05, 3.63) is 78.9 Å². The predicted octanol–water partition coefficient (Wildman–Crippen LogP) is 2.87. The van der Waals surface area contributed by atoms with Crippen molar-refractivity contribution in [2.45, 2.75) is 22.6 Å². The number of para-hydroxylation sites is 2. The van der Waals surface area contributed by atoms with Gasteiger partial charge in [0.05, 0.1) is 29.1 Å². The smallest absolute Gasteiger partial charge is 0.264 e. The third-order valence-electron chi connectivity index (χ3n) is 6.19. The van der Waals surface area contributed by atoms with E-state index < -0.39 is 32.5 Å². The second-order valence-electron chi connectivity index (χ2n) is 8.78. The summed E-state index contributed by atoms with van der Waals surface area (Å²) in [5.41, 5.74) is 0.235. The molecule has 4 rings (SSSR count). The summed E-state index contributed by atoms with van der Waals surface area (Å²) < 4.78 is 65.7. The van der Waals surface area contributed by atoms with Gasteiger partial charge in [0, 0.05) is 13.1 Å². The fourth-order valence-electron chi connectivity index (χ4n) is 4.19. The van der Waals surface area contributed by atoms with Crippen LogP contribution in [0, 0.1) is 0 Å². The Morgan fingerprint density at radius 2 is 1.51 bits per heavy atom. The SMILES string of the molecule is COc1ccccc1N(CC(=O)NCCOc1ccc(S(=O)(=O)N2CCCC2)cc1)S(=O)(=O)c1ccccc1. The van der Waals surface area contributed by atoms with Crippen molar-refractivity contribution >= 4 is 31.6 Å². The summed E-state index contributed by atoms with van der Waals surface area (Å²) in [6, 6.07) is 20.6. The van der Waals surface area contributed by atoms with Gasteiger partial charge in [-0.2, -0.15) is 4.31 Å². The molecule has 0 spiro atoms. The van der Waals surface area contributed by atoms with Crippen molar-refractivity contribution in [1.29, 1.82) is 0 Å². The number of amides is 1.